The molecule has 0 fully saturated rings. The van der Waals surface area contributed by atoms with E-state index in [-0.39, 0.29) is 0 Å². The Labute approximate surface area is 98.0 Å². The van der Waals surface area contributed by atoms with Gasteiger partial charge in [-0.15, -0.1) is 0 Å². The average molecular weight is 254 g/mol. The van der Waals surface area contributed by atoms with E-state index in [9.17, 15) is 8.42 Å². The lowest BCUT2D eigenvalue weighted by atomic mass is 10.4. The van der Waals surface area contributed by atoms with Gasteiger partial charge in [-0.1, -0.05) is 0 Å². The Morgan fingerprint density at radius 3 is 1.50 bits per heavy atom. The fraction of sp³-hybridized carbons (Fsp3) is 1.00. The summed E-state index contributed by atoms with van der Waals surface area (Å²) in [6.07, 6.45) is 1.14. The molecule has 0 aromatic heterocycles. The summed E-state index contributed by atoms with van der Waals surface area (Å²) < 4.78 is 39.3. The molecule has 0 aliphatic carbocycles. The first-order valence-electron chi connectivity index (χ1n) is 5.44. The van der Waals surface area contributed by atoms with E-state index in [1.807, 2.05) is 0 Å². The van der Waals surface area contributed by atoms with Gasteiger partial charge in [-0.2, -0.15) is 0 Å². The molecule has 0 amide bonds. The molecule has 0 aromatic rings. The van der Waals surface area contributed by atoms with E-state index in [2.05, 4.69) is 0 Å². The van der Waals surface area contributed by atoms with Crippen LogP contribution in [0.2, 0.25) is 0 Å². The standard InChI is InChI=1S/C10H22O5S/c1-6-13-10(14-7-2,15-8-3)9(4)16(5,11)12/h9H,6-8H2,1-5H3. The maximum absolute atomic E-state index is 11.6. The van der Waals surface area contributed by atoms with Crippen LogP contribution in [0, 0.1) is 0 Å². The fourth-order valence-electron chi connectivity index (χ4n) is 1.34. The predicted octanol–water partition coefficient (Wildman–Crippen LogP) is 1.18. The smallest absolute Gasteiger partial charge is 0.300 e. The summed E-state index contributed by atoms with van der Waals surface area (Å²) in [5.41, 5.74) is 0. The van der Waals surface area contributed by atoms with Gasteiger partial charge in [0.25, 0.3) is 5.97 Å². The third-order valence-electron chi connectivity index (χ3n) is 2.18. The van der Waals surface area contributed by atoms with Crippen molar-refractivity contribution in [3.63, 3.8) is 0 Å². The molecular weight excluding hydrogens is 232 g/mol. The van der Waals surface area contributed by atoms with Crippen LogP contribution in [0.25, 0.3) is 0 Å². The minimum absolute atomic E-state index is 0.319. The van der Waals surface area contributed by atoms with Crippen molar-refractivity contribution in [1.29, 1.82) is 0 Å². The van der Waals surface area contributed by atoms with Crippen molar-refractivity contribution in [3.8, 4) is 0 Å². The first-order chi connectivity index (χ1) is 7.34. The van der Waals surface area contributed by atoms with Crippen LogP contribution in [-0.2, 0) is 24.0 Å². The molecule has 6 heteroatoms. The Balaban J connectivity index is 5.14. The van der Waals surface area contributed by atoms with Crippen LogP contribution >= 0.6 is 0 Å². The predicted molar refractivity (Wildman–Crippen MR) is 61.9 cm³/mol. The van der Waals surface area contributed by atoms with E-state index < -0.39 is 21.1 Å². The molecule has 0 saturated heterocycles. The van der Waals surface area contributed by atoms with Gasteiger partial charge in [0.1, 0.15) is 5.25 Å². The van der Waals surface area contributed by atoms with Gasteiger partial charge in [-0.05, 0) is 27.7 Å². The topological polar surface area (TPSA) is 61.8 Å². The normalized spacial score (nSPS) is 15.1. The van der Waals surface area contributed by atoms with Crippen molar-refractivity contribution in [2.24, 2.45) is 0 Å². The summed E-state index contributed by atoms with van der Waals surface area (Å²) in [5, 5.41) is -0.875. The van der Waals surface area contributed by atoms with Crippen molar-refractivity contribution in [2.75, 3.05) is 26.1 Å². The van der Waals surface area contributed by atoms with Crippen molar-refractivity contribution in [1.82, 2.24) is 0 Å². The highest BCUT2D eigenvalue weighted by Crippen LogP contribution is 2.25. The van der Waals surface area contributed by atoms with Crippen LogP contribution in [0.15, 0.2) is 0 Å². The Hall–Kier alpha value is -0.170. The SMILES string of the molecule is CCOC(OCC)(OCC)C(C)S(C)(=O)=O. The van der Waals surface area contributed by atoms with Crippen LogP contribution in [-0.4, -0.2) is 45.7 Å². The van der Waals surface area contributed by atoms with E-state index in [1.54, 1.807) is 20.8 Å². The van der Waals surface area contributed by atoms with E-state index in [4.69, 9.17) is 14.2 Å². The molecule has 0 N–H and O–H groups in total. The average Bonchev–Trinajstić information content (AvgIpc) is 2.16. The van der Waals surface area contributed by atoms with Gasteiger partial charge in [-0.3, -0.25) is 0 Å². The quantitative estimate of drug-likeness (QED) is 0.609. The molecule has 0 aromatic carbocycles. The zero-order chi connectivity index (χ0) is 12.8. The second-order valence-electron chi connectivity index (χ2n) is 3.37. The van der Waals surface area contributed by atoms with Gasteiger partial charge in [0.05, 0.1) is 0 Å². The molecule has 1 atom stereocenters. The first kappa shape index (κ1) is 15.8. The van der Waals surface area contributed by atoms with Crippen molar-refractivity contribution >= 4 is 9.84 Å². The largest absolute Gasteiger partial charge is 0.327 e. The van der Waals surface area contributed by atoms with Gasteiger partial charge in [-0.25, -0.2) is 8.42 Å². The fourth-order valence-corrected chi connectivity index (χ4v) is 2.07. The van der Waals surface area contributed by atoms with Gasteiger partial charge >= 0.3 is 0 Å². The van der Waals surface area contributed by atoms with E-state index in [1.165, 1.54) is 6.92 Å². The number of hydrogen-bond donors (Lipinski definition) is 0. The van der Waals surface area contributed by atoms with E-state index in [0.717, 1.165) is 6.26 Å². The van der Waals surface area contributed by atoms with Crippen molar-refractivity contribution < 1.29 is 22.6 Å². The third-order valence-corrected chi connectivity index (χ3v) is 3.75. The van der Waals surface area contributed by atoms with Gasteiger partial charge in [0.15, 0.2) is 9.84 Å². The Bertz CT molecular complexity index is 269. The lowest BCUT2D eigenvalue weighted by Gasteiger charge is -2.36. The summed E-state index contributed by atoms with van der Waals surface area (Å²) in [4.78, 5) is 0. The van der Waals surface area contributed by atoms with Crippen LogP contribution < -0.4 is 0 Å². The highest BCUT2D eigenvalue weighted by molar-refractivity contribution is 7.91. The molecule has 5 nitrogen and oxygen atoms in total. The molecule has 0 rings (SSSR count). The molecule has 98 valence electrons. The minimum Gasteiger partial charge on any atom is -0.327 e. The summed E-state index contributed by atoms with van der Waals surface area (Å²) in [5.74, 6) is -1.49. The Kier molecular flexibility index (Phi) is 6.47. The van der Waals surface area contributed by atoms with Crippen LogP contribution in [0.4, 0.5) is 0 Å². The molecule has 0 bridgehead atoms. The summed E-state index contributed by atoms with van der Waals surface area (Å²) in [7, 11) is -3.30. The molecular formula is C10H22O5S. The third kappa shape index (κ3) is 4.01. The second-order valence-corrected chi connectivity index (χ2v) is 5.74. The second kappa shape index (κ2) is 6.54. The number of hydrogen-bond acceptors (Lipinski definition) is 5. The molecule has 1 unspecified atom stereocenters. The van der Waals surface area contributed by atoms with Gasteiger partial charge < -0.3 is 14.2 Å². The summed E-state index contributed by atoms with van der Waals surface area (Å²) in [6, 6.07) is 0. The van der Waals surface area contributed by atoms with Crippen molar-refractivity contribution in [2.45, 2.75) is 38.9 Å². The maximum Gasteiger partial charge on any atom is 0.300 e. The van der Waals surface area contributed by atoms with Crippen LogP contribution in [0.1, 0.15) is 27.7 Å². The Morgan fingerprint density at radius 1 is 1.00 bits per heavy atom. The monoisotopic (exact) mass is 254 g/mol. The first-order valence-corrected chi connectivity index (χ1v) is 7.40. The highest BCUT2D eigenvalue weighted by atomic mass is 32.2. The van der Waals surface area contributed by atoms with E-state index >= 15 is 0 Å². The molecule has 0 aliphatic rings. The number of rotatable bonds is 8. The molecule has 0 heterocycles. The number of sulfone groups is 1. The van der Waals surface area contributed by atoms with Crippen LogP contribution in [0.3, 0.4) is 0 Å². The lowest BCUT2D eigenvalue weighted by molar-refractivity contribution is -0.374. The number of ether oxygens (including phenoxy) is 3. The van der Waals surface area contributed by atoms with Gasteiger partial charge in [0, 0.05) is 26.1 Å². The van der Waals surface area contributed by atoms with E-state index in [0.29, 0.717) is 19.8 Å². The van der Waals surface area contributed by atoms with Crippen molar-refractivity contribution in [3.05, 3.63) is 0 Å². The maximum atomic E-state index is 11.6. The molecule has 0 aliphatic heterocycles. The highest BCUT2D eigenvalue weighted by Gasteiger charge is 2.45. The lowest BCUT2D eigenvalue weighted by Crippen LogP contribution is -2.51. The van der Waals surface area contributed by atoms with Gasteiger partial charge in [0.2, 0.25) is 0 Å². The molecule has 0 spiro atoms. The summed E-state index contributed by atoms with van der Waals surface area (Å²) >= 11 is 0. The zero-order valence-corrected chi connectivity index (χ0v) is 11.5. The summed E-state index contributed by atoms with van der Waals surface area (Å²) in [6.45, 7) is 7.78. The Morgan fingerprint density at radius 2 is 1.31 bits per heavy atom. The molecule has 16 heavy (non-hydrogen) atoms. The minimum atomic E-state index is -3.30. The molecule has 0 radical (unpaired) electrons. The molecule has 0 saturated carbocycles. The van der Waals surface area contributed by atoms with Crippen LogP contribution in [0.5, 0.6) is 0 Å². The zero-order valence-electron chi connectivity index (χ0n) is 10.6.